The highest BCUT2D eigenvalue weighted by molar-refractivity contribution is 5.74. The molecule has 0 bridgehead atoms. The molecule has 98 valence electrons. The molecule has 2 aliphatic rings. The number of urea groups is 1. The topological polar surface area (TPSA) is 32.3 Å². The van der Waals surface area contributed by atoms with Crippen molar-refractivity contribution < 1.29 is 4.79 Å². The first kappa shape index (κ1) is 12.7. The minimum absolute atomic E-state index is 0.187. The molecule has 2 unspecified atom stereocenters. The molecule has 0 aromatic heterocycles. The van der Waals surface area contributed by atoms with Gasteiger partial charge in [-0.05, 0) is 44.4 Å². The summed E-state index contributed by atoms with van der Waals surface area (Å²) in [6, 6.07) is 0.632. The largest absolute Gasteiger partial charge is 0.335 e. The molecule has 0 spiro atoms. The number of piperidine rings is 1. The second-order valence-corrected chi connectivity index (χ2v) is 5.66. The van der Waals surface area contributed by atoms with Crippen LogP contribution in [-0.2, 0) is 0 Å². The van der Waals surface area contributed by atoms with Crippen molar-refractivity contribution in [3.8, 4) is 0 Å². The lowest BCUT2D eigenvalue weighted by atomic mass is 10.0. The van der Waals surface area contributed by atoms with Crippen LogP contribution < -0.4 is 5.32 Å². The highest BCUT2D eigenvalue weighted by Crippen LogP contribution is 2.29. The van der Waals surface area contributed by atoms with Gasteiger partial charge in [0.15, 0.2) is 0 Å². The summed E-state index contributed by atoms with van der Waals surface area (Å²) < 4.78 is 0. The van der Waals surface area contributed by atoms with E-state index in [1.807, 2.05) is 4.90 Å². The predicted molar refractivity (Wildman–Crippen MR) is 70.0 cm³/mol. The van der Waals surface area contributed by atoms with Crippen LogP contribution in [0.4, 0.5) is 4.79 Å². The molecule has 17 heavy (non-hydrogen) atoms. The van der Waals surface area contributed by atoms with Gasteiger partial charge >= 0.3 is 6.03 Å². The molecule has 1 aliphatic heterocycles. The fourth-order valence-electron chi connectivity index (χ4n) is 3.24. The first-order valence-corrected chi connectivity index (χ1v) is 7.35. The third-order valence-electron chi connectivity index (χ3n) is 4.21. The van der Waals surface area contributed by atoms with E-state index in [-0.39, 0.29) is 6.03 Å². The van der Waals surface area contributed by atoms with Crippen LogP contribution in [0.25, 0.3) is 0 Å². The first-order chi connectivity index (χ1) is 8.29. The second kappa shape index (κ2) is 6.27. The predicted octanol–water partition coefficient (Wildman–Crippen LogP) is 3.15. The Bertz CT molecular complexity index is 249. The Morgan fingerprint density at radius 3 is 2.71 bits per heavy atom. The fourth-order valence-corrected chi connectivity index (χ4v) is 3.24. The minimum atomic E-state index is 0.187. The standard InChI is InChI=1S/C14H26N2O/c1-2-6-12-7-8-13(11-12)15-14(17)16-9-4-3-5-10-16/h12-13H,2-11H2,1H3,(H,15,17). The number of carbonyl (C=O) groups excluding carboxylic acids is 1. The molecule has 1 aliphatic carbocycles. The maximum Gasteiger partial charge on any atom is 0.317 e. The van der Waals surface area contributed by atoms with Gasteiger partial charge in [0.25, 0.3) is 0 Å². The van der Waals surface area contributed by atoms with Crippen LogP contribution in [0.15, 0.2) is 0 Å². The third-order valence-corrected chi connectivity index (χ3v) is 4.21. The smallest absolute Gasteiger partial charge is 0.317 e. The van der Waals surface area contributed by atoms with E-state index in [1.165, 1.54) is 51.4 Å². The molecule has 0 radical (unpaired) electrons. The molecule has 0 aromatic rings. The van der Waals surface area contributed by atoms with Crippen LogP contribution in [0, 0.1) is 5.92 Å². The normalized spacial score (nSPS) is 29.4. The monoisotopic (exact) mass is 238 g/mol. The van der Waals surface area contributed by atoms with E-state index in [1.54, 1.807) is 0 Å². The molecule has 1 heterocycles. The van der Waals surface area contributed by atoms with Crippen molar-refractivity contribution in [1.82, 2.24) is 10.2 Å². The minimum Gasteiger partial charge on any atom is -0.335 e. The van der Waals surface area contributed by atoms with Crippen LogP contribution in [-0.4, -0.2) is 30.1 Å². The molecule has 2 amide bonds. The Morgan fingerprint density at radius 2 is 2.00 bits per heavy atom. The zero-order chi connectivity index (χ0) is 12.1. The number of nitrogens with one attached hydrogen (secondary N) is 1. The van der Waals surface area contributed by atoms with Crippen molar-refractivity contribution in [2.75, 3.05) is 13.1 Å². The van der Waals surface area contributed by atoms with Gasteiger partial charge in [-0.2, -0.15) is 0 Å². The Kier molecular flexibility index (Phi) is 4.69. The summed E-state index contributed by atoms with van der Waals surface area (Å²) in [7, 11) is 0. The Labute approximate surface area is 105 Å². The van der Waals surface area contributed by atoms with Gasteiger partial charge in [-0.3, -0.25) is 0 Å². The molecular weight excluding hydrogens is 212 g/mol. The highest BCUT2D eigenvalue weighted by atomic mass is 16.2. The van der Waals surface area contributed by atoms with Gasteiger partial charge in [-0.15, -0.1) is 0 Å². The van der Waals surface area contributed by atoms with Crippen molar-refractivity contribution in [2.45, 2.75) is 64.3 Å². The van der Waals surface area contributed by atoms with E-state index >= 15 is 0 Å². The van der Waals surface area contributed by atoms with Gasteiger partial charge in [-0.1, -0.05) is 19.8 Å². The summed E-state index contributed by atoms with van der Waals surface area (Å²) >= 11 is 0. The van der Waals surface area contributed by atoms with E-state index in [0.29, 0.717) is 6.04 Å². The van der Waals surface area contributed by atoms with Gasteiger partial charge in [0.2, 0.25) is 0 Å². The average Bonchev–Trinajstić information content (AvgIpc) is 2.78. The van der Waals surface area contributed by atoms with Crippen molar-refractivity contribution in [1.29, 1.82) is 0 Å². The maximum atomic E-state index is 12.0. The van der Waals surface area contributed by atoms with Crippen LogP contribution in [0.1, 0.15) is 58.3 Å². The SMILES string of the molecule is CCCC1CCC(NC(=O)N2CCCCC2)C1. The number of hydrogen-bond donors (Lipinski definition) is 1. The highest BCUT2D eigenvalue weighted by Gasteiger charge is 2.26. The summed E-state index contributed by atoms with van der Waals surface area (Å²) in [6.45, 7) is 4.16. The molecule has 1 saturated carbocycles. The zero-order valence-electron chi connectivity index (χ0n) is 11.1. The fraction of sp³-hybridized carbons (Fsp3) is 0.929. The van der Waals surface area contributed by atoms with Crippen LogP contribution >= 0.6 is 0 Å². The quantitative estimate of drug-likeness (QED) is 0.805. The van der Waals surface area contributed by atoms with Crippen LogP contribution in [0.5, 0.6) is 0 Å². The number of likely N-dealkylation sites (tertiary alicyclic amines) is 1. The number of nitrogens with zero attached hydrogens (tertiary/aromatic N) is 1. The molecular formula is C14H26N2O. The Morgan fingerprint density at radius 1 is 1.24 bits per heavy atom. The zero-order valence-corrected chi connectivity index (χ0v) is 11.1. The lowest BCUT2D eigenvalue weighted by molar-refractivity contribution is 0.182. The molecule has 2 fully saturated rings. The molecule has 1 saturated heterocycles. The molecule has 3 nitrogen and oxygen atoms in total. The lowest BCUT2D eigenvalue weighted by Crippen LogP contribution is -2.46. The summed E-state index contributed by atoms with van der Waals surface area (Å²) in [4.78, 5) is 14.0. The molecule has 2 rings (SSSR count). The second-order valence-electron chi connectivity index (χ2n) is 5.66. The maximum absolute atomic E-state index is 12.0. The first-order valence-electron chi connectivity index (χ1n) is 7.35. The summed E-state index contributed by atoms with van der Waals surface area (Å²) in [5, 5.41) is 3.22. The van der Waals surface area contributed by atoms with Gasteiger partial charge < -0.3 is 10.2 Å². The molecule has 3 heteroatoms. The van der Waals surface area contributed by atoms with Crippen molar-refractivity contribution in [2.24, 2.45) is 5.92 Å². The van der Waals surface area contributed by atoms with E-state index in [0.717, 1.165) is 19.0 Å². The molecule has 2 atom stereocenters. The van der Waals surface area contributed by atoms with Crippen LogP contribution in [0.3, 0.4) is 0 Å². The Balaban J connectivity index is 1.71. The third kappa shape index (κ3) is 3.62. The summed E-state index contributed by atoms with van der Waals surface area (Å²) in [5.41, 5.74) is 0. The molecule has 1 N–H and O–H groups in total. The lowest BCUT2D eigenvalue weighted by Gasteiger charge is -2.28. The number of hydrogen-bond acceptors (Lipinski definition) is 1. The van der Waals surface area contributed by atoms with E-state index in [4.69, 9.17) is 0 Å². The molecule has 0 aromatic carbocycles. The van der Waals surface area contributed by atoms with Crippen molar-refractivity contribution in [3.63, 3.8) is 0 Å². The number of carbonyl (C=O) groups is 1. The van der Waals surface area contributed by atoms with Gasteiger partial charge in [-0.25, -0.2) is 4.79 Å². The number of rotatable bonds is 3. The van der Waals surface area contributed by atoms with Crippen molar-refractivity contribution in [3.05, 3.63) is 0 Å². The summed E-state index contributed by atoms with van der Waals surface area (Å²) in [5.74, 6) is 0.853. The Hall–Kier alpha value is -0.730. The van der Waals surface area contributed by atoms with Crippen LogP contribution in [0.2, 0.25) is 0 Å². The van der Waals surface area contributed by atoms with Gasteiger partial charge in [0, 0.05) is 19.1 Å². The van der Waals surface area contributed by atoms with Gasteiger partial charge in [0.05, 0.1) is 0 Å². The van der Waals surface area contributed by atoms with E-state index < -0.39 is 0 Å². The van der Waals surface area contributed by atoms with Crippen molar-refractivity contribution >= 4 is 6.03 Å². The van der Waals surface area contributed by atoms with E-state index in [9.17, 15) is 4.79 Å². The average molecular weight is 238 g/mol. The van der Waals surface area contributed by atoms with Gasteiger partial charge in [0.1, 0.15) is 0 Å². The number of amides is 2. The summed E-state index contributed by atoms with van der Waals surface area (Å²) in [6.07, 6.45) is 9.93. The van der Waals surface area contributed by atoms with E-state index in [2.05, 4.69) is 12.2 Å².